The normalized spacial score (nSPS) is 14.5. The Kier molecular flexibility index (Phi) is 6.33. The lowest BCUT2D eigenvalue weighted by atomic mass is 9.76. The number of carbonyl (C=O) groups excluding carboxylic acids is 1. The van der Waals surface area contributed by atoms with E-state index < -0.39 is 11.2 Å². The van der Waals surface area contributed by atoms with Crippen LogP contribution in [0.2, 0.25) is 0 Å². The average molecular weight is 420 g/mol. The van der Waals surface area contributed by atoms with E-state index in [0.29, 0.717) is 19.8 Å². The highest BCUT2D eigenvalue weighted by atomic mass is 19.1. The Bertz CT molecular complexity index is 1030. The van der Waals surface area contributed by atoms with Crippen molar-refractivity contribution in [2.75, 3.05) is 19.8 Å². The Hall–Kier alpha value is -3.18. The Labute approximate surface area is 181 Å². The minimum atomic E-state index is -0.529. The van der Waals surface area contributed by atoms with E-state index in [1.807, 2.05) is 42.5 Å². The maximum atomic E-state index is 14.7. The monoisotopic (exact) mass is 420 g/mol. The Morgan fingerprint density at radius 1 is 1.00 bits per heavy atom. The standard InChI is InChI=1S/C26H25FO4/c1-2-30-25(28)15-26(17-29-18-26)22-12-13-24(23(27)14-22)31-16-19-8-10-21(11-9-19)20-6-4-3-5-7-20/h3-14H,2,15-18H2,1H3. The summed E-state index contributed by atoms with van der Waals surface area (Å²) in [4.78, 5) is 12.0. The Balaban J connectivity index is 1.41. The summed E-state index contributed by atoms with van der Waals surface area (Å²) >= 11 is 0. The van der Waals surface area contributed by atoms with Crippen molar-refractivity contribution in [2.45, 2.75) is 25.4 Å². The molecule has 1 fully saturated rings. The van der Waals surface area contributed by atoms with E-state index in [1.165, 1.54) is 6.07 Å². The van der Waals surface area contributed by atoms with Crippen LogP contribution in [0.1, 0.15) is 24.5 Å². The first-order chi connectivity index (χ1) is 15.1. The van der Waals surface area contributed by atoms with Gasteiger partial charge in [-0.1, -0.05) is 60.7 Å². The van der Waals surface area contributed by atoms with Gasteiger partial charge in [0.2, 0.25) is 0 Å². The third-order valence-corrected chi connectivity index (χ3v) is 5.54. The summed E-state index contributed by atoms with van der Waals surface area (Å²) in [6.07, 6.45) is 0.175. The zero-order valence-corrected chi connectivity index (χ0v) is 17.5. The molecule has 1 aliphatic rings. The smallest absolute Gasteiger partial charge is 0.306 e. The molecule has 4 nitrogen and oxygen atoms in total. The summed E-state index contributed by atoms with van der Waals surface area (Å²) in [5, 5.41) is 0. The second-order valence-corrected chi connectivity index (χ2v) is 7.75. The highest BCUT2D eigenvalue weighted by Crippen LogP contribution is 2.38. The van der Waals surface area contributed by atoms with Gasteiger partial charge in [0.1, 0.15) is 6.61 Å². The van der Waals surface area contributed by atoms with Crippen molar-refractivity contribution >= 4 is 5.97 Å². The first-order valence-corrected chi connectivity index (χ1v) is 10.4. The molecule has 0 spiro atoms. The maximum absolute atomic E-state index is 14.7. The molecule has 0 unspecified atom stereocenters. The summed E-state index contributed by atoms with van der Waals surface area (Å²) < 4.78 is 30.8. The number of hydrogen-bond donors (Lipinski definition) is 0. The molecule has 0 radical (unpaired) electrons. The van der Waals surface area contributed by atoms with Crippen molar-refractivity contribution in [2.24, 2.45) is 0 Å². The molecule has 1 aliphatic heterocycles. The van der Waals surface area contributed by atoms with Gasteiger partial charge in [-0.25, -0.2) is 4.39 Å². The molecule has 0 N–H and O–H groups in total. The van der Waals surface area contributed by atoms with Crippen molar-refractivity contribution < 1.29 is 23.4 Å². The molecular formula is C26H25FO4. The van der Waals surface area contributed by atoms with Gasteiger partial charge in [0.05, 0.1) is 31.7 Å². The molecule has 0 aliphatic carbocycles. The number of rotatable bonds is 8. The van der Waals surface area contributed by atoms with Crippen LogP contribution in [0.5, 0.6) is 5.75 Å². The van der Waals surface area contributed by atoms with Gasteiger partial charge in [-0.15, -0.1) is 0 Å². The predicted octanol–water partition coefficient (Wildman–Crippen LogP) is 5.29. The quantitative estimate of drug-likeness (QED) is 0.465. The third-order valence-electron chi connectivity index (χ3n) is 5.54. The number of esters is 1. The lowest BCUT2D eigenvalue weighted by molar-refractivity contribution is -0.151. The molecule has 3 aromatic carbocycles. The van der Waals surface area contributed by atoms with Crippen LogP contribution < -0.4 is 4.74 Å². The molecule has 5 heteroatoms. The van der Waals surface area contributed by atoms with E-state index in [9.17, 15) is 9.18 Å². The highest BCUT2D eigenvalue weighted by molar-refractivity contribution is 5.72. The van der Waals surface area contributed by atoms with E-state index in [2.05, 4.69) is 12.1 Å². The Morgan fingerprint density at radius 2 is 1.71 bits per heavy atom. The van der Waals surface area contributed by atoms with Gasteiger partial charge in [0.15, 0.2) is 11.6 Å². The lowest BCUT2D eigenvalue weighted by Crippen LogP contribution is -2.48. The number of halogens is 1. The Morgan fingerprint density at radius 3 is 2.32 bits per heavy atom. The third kappa shape index (κ3) is 4.78. The van der Waals surface area contributed by atoms with Gasteiger partial charge in [-0.2, -0.15) is 0 Å². The summed E-state index contributed by atoms with van der Waals surface area (Å²) in [6, 6.07) is 23.0. The van der Waals surface area contributed by atoms with Crippen molar-refractivity contribution in [3.8, 4) is 16.9 Å². The van der Waals surface area contributed by atoms with Crippen LogP contribution in [0.25, 0.3) is 11.1 Å². The summed E-state index contributed by atoms with van der Waals surface area (Å²) in [7, 11) is 0. The zero-order valence-electron chi connectivity index (χ0n) is 17.5. The van der Waals surface area contributed by atoms with Crippen molar-refractivity contribution in [1.82, 2.24) is 0 Å². The van der Waals surface area contributed by atoms with E-state index >= 15 is 0 Å². The minimum absolute atomic E-state index is 0.175. The summed E-state index contributed by atoms with van der Waals surface area (Å²) in [6.45, 7) is 3.10. The average Bonchev–Trinajstić information content (AvgIpc) is 2.76. The minimum Gasteiger partial charge on any atom is -0.486 e. The molecule has 31 heavy (non-hydrogen) atoms. The van der Waals surface area contributed by atoms with E-state index in [0.717, 1.165) is 22.3 Å². The molecule has 3 aromatic rings. The first-order valence-electron chi connectivity index (χ1n) is 10.4. The van der Waals surface area contributed by atoms with E-state index in [4.69, 9.17) is 14.2 Å². The fourth-order valence-electron chi connectivity index (χ4n) is 3.74. The van der Waals surface area contributed by atoms with Crippen LogP contribution in [0.3, 0.4) is 0 Å². The maximum Gasteiger partial charge on any atom is 0.306 e. The number of hydrogen-bond acceptors (Lipinski definition) is 4. The van der Waals surface area contributed by atoms with Crippen LogP contribution >= 0.6 is 0 Å². The molecular weight excluding hydrogens is 395 g/mol. The molecule has 160 valence electrons. The summed E-state index contributed by atoms with van der Waals surface area (Å²) in [5.41, 5.74) is 3.42. The molecule has 1 heterocycles. The highest BCUT2D eigenvalue weighted by Gasteiger charge is 2.43. The number of carbonyl (C=O) groups is 1. The number of benzene rings is 3. The van der Waals surface area contributed by atoms with Crippen LogP contribution in [0, 0.1) is 5.82 Å². The topological polar surface area (TPSA) is 44.8 Å². The van der Waals surface area contributed by atoms with Crippen molar-refractivity contribution in [3.63, 3.8) is 0 Å². The fourth-order valence-corrected chi connectivity index (χ4v) is 3.74. The molecule has 0 amide bonds. The SMILES string of the molecule is CCOC(=O)CC1(c2ccc(OCc3ccc(-c4ccccc4)cc3)c(F)c2)COC1. The number of ether oxygens (including phenoxy) is 3. The molecule has 1 saturated heterocycles. The van der Waals surface area contributed by atoms with Crippen LogP contribution in [-0.2, 0) is 26.3 Å². The molecule has 0 aromatic heterocycles. The molecule has 4 rings (SSSR count). The van der Waals surface area contributed by atoms with Crippen molar-refractivity contribution in [3.05, 3.63) is 89.7 Å². The van der Waals surface area contributed by atoms with Crippen LogP contribution in [-0.4, -0.2) is 25.8 Å². The lowest BCUT2D eigenvalue weighted by Gasteiger charge is -2.41. The zero-order chi connectivity index (χ0) is 21.7. The van der Waals surface area contributed by atoms with Gasteiger partial charge in [-0.05, 0) is 41.3 Å². The first kappa shape index (κ1) is 21.1. The second-order valence-electron chi connectivity index (χ2n) is 7.75. The van der Waals surface area contributed by atoms with Gasteiger partial charge in [0.25, 0.3) is 0 Å². The van der Waals surface area contributed by atoms with E-state index in [-0.39, 0.29) is 24.7 Å². The summed E-state index contributed by atoms with van der Waals surface area (Å²) in [5.74, 6) is -0.568. The van der Waals surface area contributed by atoms with E-state index in [1.54, 1.807) is 19.1 Å². The van der Waals surface area contributed by atoms with Gasteiger partial charge >= 0.3 is 5.97 Å². The molecule has 0 bridgehead atoms. The molecule has 0 atom stereocenters. The van der Waals surface area contributed by atoms with Gasteiger partial charge in [-0.3, -0.25) is 4.79 Å². The van der Waals surface area contributed by atoms with Gasteiger partial charge < -0.3 is 14.2 Å². The van der Waals surface area contributed by atoms with Crippen LogP contribution in [0.4, 0.5) is 4.39 Å². The second kappa shape index (κ2) is 9.31. The fraction of sp³-hybridized carbons (Fsp3) is 0.269. The predicted molar refractivity (Wildman–Crippen MR) is 116 cm³/mol. The van der Waals surface area contributed by atoms with Crippen LogP contribution in [0.15, 0.2) is 72.8 Å². The molecule has 0 saturated carbocycles. The largest absolute Gasteiger partial charge is 0.486 e. The van der Waals surface area contributed by atoms with Gasteiger partial charge in [0, 0.05) is 0 Å². The van der Waals surface area contributed by atoms with Crippen molar-refractivity contribution in [1.29, 1.82) is 0 Å².